The van der Waals surface area contributed by atoms with E-state index in [0.717, 1.165) is 12.3 Å². The van der Waals surface area contributed by atoms with Gasteiger partial charge in [-0.3, -0.25) is 4.79 Å². The number of benzene rings is 1. The maximum absolute atomic E-state index is 10.9. The molecule has 2 nitrogen and oxygen atoms in total. The third-order valence-corrected chi connectivity index (χ3v) is 3.58. The fourth-order valence-electron chi connectivity index (χ4n) is 2.62. The normalized spacial score (nSPS) is 22.9. The highest BCUT2D eigenvalue weighted by Crippen LogP contribution is 2.40. The van der Waals surface area contributed by atoms with Crippen molar-refractivity contribution in [3.63, 3.8) is 0 Å². The second kappa shape index (κ2) is 4.28. The molecule has 1 aliphatic rings. The molecule has 0 bridgehead atoms. The number of rotatable bonds is 2. The lowest BCUT2D eigenvalue weighted by Crippen LogP contribution is -2.03. The van der Waals surface area contributed by atoms with Crippen LogP contribution in [0.3, 0.4) is 0 Å². The molecule has 0 heterocycles. The quantitative estimate of drug-likeness (QED) is 0.562. The predicted molar refractivity (Wildman–Crippen MR) is 63.7 cm³/mol. The molecule has 2 heteroatoms. The third kappa shape index (κ3) is 1.97. The Hall–Kier alpha value is -1.31. The largest absolute Gasteiger partial charge is 0.427 e. The highest BCUT2D eigenvalue weighted by molar-refractivity contribution is 5.69. The predicted octanol–water partition coefficient (Wildman–Crippen LogP) is 3.30. The van der Waals surface area contributed by atoms with E-state index in [1.165, 1.54) is 24.5 Å². The Kier molecular flexibility index (Phi) is 2.99. The summed E-state index contributed by atoms with van der Waals surface area (Å²) in [6.45, 7) is 5.93. The molecule has 1 aromatic rings. The molecule has 2 unspecified atom stereocenters. The zero-order valence-corrected chi connectivity index (χ0v) is 10.1. The van der Waals surface area contributed by atoms with Crippen molar-refractivity contribution in [1.29, 1.82) is 0 Å². The molecular weight excluding hydrogens is 200 g/mol. The molecule has 0 saturated heterocycles. The van der Waals surface area contributed by atoms with Crippen LogP contribution in [0, 0.1) is 5.92 Å². The zero-order chi connectivity index (χ0) is 11.7. The molecule has 2 atom stereocenters. The van der Waals surface area contributed by atoms with Gasteiger partial charge in [0, 0.05) is 6.92 Å². The van der Waals surface area contributed by atoms with Gasteiger partial charge in [-0.05, 0) is 41.5 Å². The van der Waals surface area contributed by atoms with Crippen LogP contribution in [0.2, 0.25) is 0 Å². The summed E-state index contributed by atoms with van der Waals surface area (Å²) in [4.78, 5) is 10.9. The van der Waals surface area contributed by atoms with E-state index >= 15 is 0 Å². The third-order valence-electron chi connectivity index (χ3n) is 3.58. The van der Waals surface area contributed by atoms with Crippen molar-refractivity contribution in [2.45, 2.75) is 39.5 Å². The summed E-state index contributed by atoms with van der Waals surface area (Å²) in [6.07, 6.45) is 2.37. The van der Waals surface area contributed by atoms with E-state index in [-0.39, 0.29) is 5.97 Å². The van der Waals surface area contributed by atoms with Crippen molar-refractivity contribution >= 4 is 5.97 Å². The Morgan fingerprint density at radius 1 is 1.50 bits per heavy atom. The van der Waals surface area contributed by atoms with E-state index in [4.69, 9.17) is 4.74 Å². The molecule has 0 aliphatic heterocycles. The van der Waals surface area contributed by atoms with Crippen LogP contribution in [-0.2, 0) is 11.2 Å². The minimum atomic E-state index is -0.252. The van der Waals surface area contributed by atoms with E-state index in [1.54, 1.807) is 0 Å². The van der Waals surface area contributed by atoms with E-state index in [9.17, 15) is 4.79 Å². The number of fused-ring (bicyclic) bond motifs is 1. The summed E-state index contributed by atoms with van der Waals surface area (Å²) in [6, 6.07) is 6.02. The lowest BCUT2D eigenvalue weighted by Gasteiger charge is -2.13. The van der Waals surface area contributed by atoms with Crippen molar-refractivity contribution in [2.24, 2.45) is 5.92 Å². The molecule has 16 heavy (non-hydrogen) atoms. The van der Waals surface area contributed by atoms with Crippen molar-refractivity contribution in [3.05, 3.63) is 29.3 Å². The van der Waals surface area contributed by atoms with Gasteiger partial charge in [-0.1, -0.05) is 26.3 Å². The Labute approximate surface area is 96.6 Å². The van der Waals surface area contributed by atoms with Crippen LogP contribution in [-0.4, -0.2) is 5.97 Å². The maximum atomic E-state index is 10.9. The van der Waals surface area contributed by atoms with Gasteiger partial charge in [0.1, 0.15) is 5.75 Å². The van der Waals surface area contributed by atoms with E-state index in [1.807, 2.05) is 12.1 Å². The molecule has 0 aromatic heterocycles. The zero-order valence-electron chi connectivity index (χ0n) is 10.1. The number of hydrogen-bond donors (Lipinski definition) is 0. The minimum absolute atomic E-state index is 0.252. The van der Waals surface area contributed by atoms with E-state index < -0.39 is 0 Å². The maximum Gasteiger partial charge on any atom is 0.308 e. The molecule has 0 spiro atoms. The van der Waals surface area contributed by atoms with Crippen molar-refractivity contribution in [3.8, 4) is 5.75 Å². The van der Waals surface area contributed by atoms with Crippen LogP contribution in [0.1, 0.15) is 44.2 Å². The standard InChI is InChI=1S/C14H18O2/c1-4-11-7-12-5-6-13(16-10(3)15)8-14(12)9(11)2/h5-6,8-9,11H,4,7H2,1-3H3. The number of esters is 1. The monoisotopic (exact) mass is 218 g/mol. The molecule has 0 radical (unpaired) electrons. The average molecular weight is 218 g/mol. The summed E-state index contributed by atoms with van der Waals surface area (Å²) in [5.74, 6) is 1.74. The van der Waals surface area contributed by atoms with Crippen LogP contribution in [0.25, 0.3) is 0 Å². The SMILES string of the molecule is CCC1Cc2ccc(OC(C)=O)cc2C1C. The second-order valence-corrected chi connectivity index (χ2v) is 4.62. The van der Waals surface area contributed by atoms with Gasteiger partial charge in [0.25, 0.3) is 0 Å². The Morgan fingerprint density at radius 3 is 2.88 bits per heavy atom. The first-order valence-electron chi connectivity index (χ1n) is 5.93. The lowest BCUT2D eigenvalue weighted by molar-refractivity contribution is -0.131. The van der Waals surface area contributed by atoms with Crippen LogP contribution in [0.4, 0.5) is 0 Å². The van der Waals surface area contributed by atoms with Gasteiger partial charge in [0.05, 0.1) is 0 Å². The van der Waals surface area contributed by atoms with Crippen LogP contribution in [0.15, 0.2) is 18.2 Å². The molecule has 1 aliphatic carbocycles. The van der Waals surface area contributed by atoms with E-state index in [0.29, 0.717) is 11.7 Å². The van der Waals surface area contributed by atoms with Crippen molar-refractivity contribution < 1.29 is 9.53 Å². The van der Waals surface area contributed by atoms with Crippen LogP contribution in [0.5, 0.6) is 5.75 Å². The first-order chi connectivity index (χ1) is 7.61. The first-order valence-corrected chi connectivity index (χ1v) is 5.93. The number of carbonyl (C=O) groups excluding carboxylic acids is 1. The molecule has 86 valence electrons. The van der Waals surface area contributed by atoms with Crippen LogP contribution < -0.4 is 4.74 Å². The lowest BCUT2D eigenvalue weighted by atomic mass is 9.92. The molecule has 1 aromatic carbocycles. The summed E-state index contributed by atoms with van der Waals surface area (Å²) < 4.78 is 5.12. The average Bonchev–Trinajstić information content (AvgIpc) is 2.55. The summed E-state index contributed by atoms with van der Waals surface area (Å²) in [5, 5.41) is 0. The van der Waals surface area contributed by atoms with Gasteiger partial charge in [-0.25, -0.2) is 0 Å². The molecular formula is C14H18O2. The Bertz CT molecular complexity index is 409. The fraction of sp³-hybridized carbons (Fsp3) is 0.500. The topological polar surface area (TPSA) is 26.3 Å². The molecule has 0 saturated carbocycles. The van der Waals surface area contributed by atoms with Gasteiger partial charge in [-0.15, -0.1) is 0 Å². The molecule has 0 amide bonds. The smallest absolute Gasteiger partial charge is 0.308 e. The Balaban J connectivity index is 2.27. The van der Waals surface area contributed by atoms with Gasteiger partial charge in [-0.2, -0.15) is 0 Å². The minimum Gasteiger partial charge on any atom is -0.427 e. The van der Waals surface area contributed by atoms with Crippen molar-refractivity contribution in [1.82, 2.24) is 0 Å². The number of carbonyl (C=O) groups is 1. The summed E-state index contributed by atoms with van der Waals surface area (Å²) in [7, 11) is 0. The van der Waals surface area contributed by atoms with Crippen molar-refractivity contribution in [2.75, 3.05) is 0 Å². The molecule has 0 fully saturated rings. The summed E-state index contributed by atoms with van der Waals surface area (Å²) >= 11 is 0. The highest BCUT2D eigenvalue weighted by Gasteiger charge is 2.27. The van der Waals surface area contributed by atoms with Gasteiger partial charge in [0.2, 0.25) is 0 Å². The fourth-order valence-corrected chi connectivity index (χ4v) is 2.62. The summed E-state index contributed by atoms with van der Waals surface area (Å²) in [5.41, 5.74) is 2.76. The highest BCUT2D eigenvalue weighted by atomic mass is 16.5. The Morgan fingerprint density at radius 2 is 2.25 bits per heavy atom. The number of ether oxygens (including phenoxy) is 1. The second-order valence-electron chi connectivity index (χ2n) is 4.62. The first kappa shape index (κ1) is 11.2. The van der Waals surface area contributed by atoms with Gasteiger partial charge < -0.3 is 4.74 Å². The molecule has 2 rings (SSSR count). The molecule has 0 N–H and O–H groups in total. The van der Waals surface area contributed by atoms with E-state index in [2.05, 4.69) is 19.9 Å². The number of hydrogen-bond acceptors (Lipinski definition) is 2. The van der Waals surface area contributed by atoms with Crippen LogP contribution >= 0.6 is 0 Å². The van der Waals surface area contributed by atoms with Gasteiger partial charge >= 0.3 is 5.97 Å². The van der Waals surface area contributed by atoms with Gasteiger partial charge in [0.15, 0.2) is 0 Å².